The van der Waals surface area contributed by atoms with Gasteiger partial charge in [-0.3, -0.25) is 9.10 Å². The summed E-state index contributed by atoms with van der Waals surface area (Å²) in [6.45, 7) is 2.06. The van der Waals surface area contributed by atoms with Gasteiger partial charge in [-0.2, -0.15) is 4.31 Å². The number of sulfonamides is 2. The van der Waals surface area contributed by atoms with Crippen molar-refractivity contribution in [3.63, 3.8) is 0 Å². The molecule has 186 valence electrons. The topological polar surface area (TPSA) is 113 Å². The van der Waals surface area contributed by atoms with Crippen molar-refractivity contribution in [1.29, 1.82) is 0 Å². The molecular formula is C22H28ClN3O6S2. The van der Waals surface area contributed by atoms with Crippen LogP contribution in [0.15, 0.2) is 41.3 Å². The average molecular weight is 530 g/mol. The quantitative estimate of drug-likeness (QED) is 0.561. The molecule has 2 aromatic rings. The van der Waals surface area contributed by atoms with Crippen LogP contribution in [0, 0.1) is 6.92 Å². The molecule has 1 N–H and O–H groups in total. The number of hydrogen-bond acceptors (Lipinski definition) is 6. The smallest absolute Gasteiger partial charge is 0.245 e. The third-order valence-corrected chi connectivity index (χ3v) is 8.77. The maximum Gasteiger partial charge on any atom is 0.245 e. The first-order valence-electron chi connectivity index (χ1n) is 10.7. The number of methoxy groups -OCH3 is 1. The van der Waals surface area contributed by atoms with Crippen molar-refractivity contribution in [2.75, 3.05) is 42.6 Å². The molecule has 1 amide bonds. The molecular weight excluding hydrogens is 502 g/mol. The molecule has 2 aromatic carbocycles. The van der Waals surface area contributed by atoms with E-state index in [1.165, 1.54) is 41.7 Å². The van der Waals surface area contributed by atoms with E-state index < -0.39 is 32.5 Å². The van der Waals surface area contributed by atoms with Crippen molar-refractivity contribution < 1.29 is 26.4 Å². The number of nitrogens with zero attached hydrogens (tertiary/aromatic N) is 2. The largest absolute Gasteiger partial charge is 0.495 e. The number of carbonyl (C=O) groups is 1. The van der Waals surface area contributed by atoms with Gasteiger partial charge in [-0.1, -0.05) is 18.0 Å². The van der Waals surface area contributed by atoms with Gasteiger partial charge in [0, 0.05) is 18.1 Å². The Kier molecular flexibility index (Phi) is 8.12. The number of carbonyl (C=O) groups excluding carboxylic acids is 1. The zero-order valence-electron chi connectivity index (χ0n) is 19.2. The second kappa shape index (κ2) is 10.5. The molecule has 3 rings (SSSR count). The highest BCUT2D eigenvalue weighted by atomic mass is 35.5. The Balaban J connectivity index is 1.88. The van der Waals surface area contributed by atoms with Crippen LogP contribution in [0.2, 0.25) is 5.02 Å². The van der Waals surface area contributed by atoms with Gasteiger partial charge in [0.05, 0.1) is 29.6 Å². The van der Waals surface area contributed by atoms with E-state index in [2.05, 4.69) is 5.32 Å². The van der Waals surface area contributed by atoms with Crippen LogP contribution in [0.25, 0.3) is 0 Å². The Bertz CT molecular complexity index is 1280. The van der Waals surface area contributed by atoms with E-state index in [0.29, 0.717) is 29.4 Å². The number of aryl methyl sites for hydroxylation is 1. The minimum atomic E-state index is -3.81. The first-order valence-corrected chi connectivity index (χ1v) is 14.3. The molecule has 1 fully saturated rings. The molecule has 12 heteroatoms. The maximum absolute atomic E-state index is 13.1. The van der Waals surface area contributed by atoms with Gasteiger partial charge in [-0.25, -0.2) is 16.8 Å². The fourth-order valence-electron chi connectivity index (χ4n) is 3.80. The lowest BCUT2D eigenvalue weighted by atomic mass is 10.2. The van der Waals surface area contributed by atoms with E-state index in [1.54, 1.807) is 13.0 Å². The predicted molar refractivity (Wildman–Crippen MR) is 133 cm³/mol. The number of halogens is 1. The highest BCUT2D eigenvalue weighted by Crippen LogP contribution is 2.31. The average Bonchev–Trinajstić information content (AvgIpc) is 2.78. The normalized spacial score (nSPS) is 15.1. The second-order valence-corrected chi connectivity index (χ2v) is 12.4. The first kappa shape index (κ1) is 26.3. The first-order chi connectivity index (χ1) is 15.9. The Morgan fingerprint density at radius 1 is 1.09 bits per heavy atom. The van der Waals surface area contributed by atoms with Gasteiger partial charge in [0.1, 0.15) is 12.3 Å². The summed E-state index contributed by atoms with van der Waals surface area (Å²) in [6.07, 6.45) is 3.58. The summed E-state index contributed by atoms with van der Waals surface area (Å²) >= 11 is 5.98. The molecule has 1 aliphatic heterocycles. The molecule has 0 atom stereocenters. The van der Waals surface area contributed by atoms with Crippen LogP contribution >= 0.6 is 11.6 Å². The van der Waals surface area contributed by atoms with Crippen LogP contribution in [0.4, 0.5) is 11.4 Å². The number of benzene rings is 2. The fraction of sp³-hybridized carbons (Fsp3) is 0.409. The highest BCUT2D eigenvalue weighted by molar-refractivity contribution is 7.92. The number of hydrogen-bond donors (Lipinski definition) is 1. The van der Waals surface area contributed by atoms with Crippen LogP contribution in [0.1, 0.15) is 24.8 Å². The summed E-state index contributed by atoms with van der Waals surface area (Å²) in [7, 11) is -6.15. The summed E-state index contributed by atoms with van der Waals surface area (Å²) in [5.74, 6) is -0.412. The van der Waals surface area contributed by atoms with Gasteiger partial charge >= 0.3 is 0 Å². The molecule has 0 aliphatic carbocycles. The maximum atomic E-state index is 13.1. The van der Waals surface area contributed by atoms with E-state index in [4.69, 9.17) is 16.3 Å². The van der Waals surface area contributed by atoms with Gasteiger partial charge in [-0.05, 0) is 61.7 Å². The van der Waals surface area contributed by atoms with Crippen LogP contribution in [-0.4, -0.2) is 60.0 Å². The molecule has 0 radical (unpaired) electrons. The monoisotopic (exact) mass is 529 g/mol. The SMILES string of the molecule is COc1ccc(S(=O)(=O)N2CCCCC2)cc1NC(=O)CN(c1ccc(Cl)cc1C)S(C)(=O)=O. The molecule has 1 heterocycles. The molecule has 0 spiro atoms. The van der Waals surface area contributed by atoms with Gasteiger partial charge in [0.2, 0.25) is 26.0 Å². The lowest BCUT2D eigenvalue weighted by Gasteiger charge is -2.26. The Hall–Kier alpha value is -2.34. The van der Waals surface area contributed by atoms with Gasteiger partial charge in [0.25, 0.3) is 0 Å². The van der Waals surface area contributed by atoms with E-state index in [0.717, 1.165) is 29.8 Å². The van der Waals surface area contributed by atoms with E-state index in [9.17, 15) is 21.6 Å². The predicted octanol–water partition coefficient (Wildman–Crippen LogP) is 3.24. The summed E-state index contributed by atoms with van der Waals surface area (Å²) in [5, 5.41) is 3.04. The summed E-state index contributed by atoms with van der Waals surface area (Å²) in [4.78, 5) is 12.9. The number of ether oxygens (including phenoxy) is 1. The summed E-state index contributed by atoms with van der Waals surface area (Å²) in [6, 6.07) is 8.89. The Morgan fingerprint density at radius 3 is 2.35 bits per heavy atom. The second-order valence-electron chi connectivity index (χ2n) is 8.08. The number of rotatable bonds is 8. The fourth-order valence-corrected chi connectivity index (χ4v) is 6.48. The number of piperidine rings is 1. The molecule has 0 aromatic heterocycles. The molecule has 0 saturated carbocycles. The van der Waals surface area contributed by atoms with Crippen molar-refractivity contribution in [2.45, 2.75) is 31.1 Å². The number of anilines is 2. The third kappa shape index (κ3) is 6.01. The van der Waals surface area contributed by atoms with Crippen molar-refractivity contribution in [3.05, 3.63) is 47.0 Å². The molecule has 0 unspecified atom stereocenters. The van der Waals surface area contributed by atoms with E-state index in [1.807, 2.05) is 0 Å². The molecule has 0 bridgehead atoms. The zero-order valence-corrected chi connectivity index (χ0v) is 21.6. The molecule has 34 heavy (non-hydrogen) atoms. The van der Waals surface area contributed by atoms with Gasteiger partial charge in [0.15, 0.2) is 0 Å². The van der Waals surface area contributed by atoms with Crippen molar-refractivity contribution >= 4 is 48.9 Å². The standard InChI is InChI=1S/C22H28ClN3O6S2/c1-16-13-17(23)7-9-20(16)26(33(3,28)29)15-22(27)24-19-14-18(8-10-21(19)32-2)34(30,31)25-11-5-4-6-12-25/h7-10,13-14H,4-6,11-12,15H2,1-3H3,(H,24,27). The van der Waals surface area contributed by atoms with E-state index in [-0.39, 0.29) is 16.3 Å². The van der Waals surface area contributed by atoms with Crippen LogP contribution < -0.4 is 14.4 Å². The number of amides is 1. The molecule has 9 nitrogen and oxygen atoms in total. The summed E-state index contributed by atoms with van der Waals surface area (Å²) in [5.41, 5.74) is 1.03. The lowest BCUT2D eigenvalue weighted by molar-refractivity contribution is -0.114. The third-order valence-electron chi connectivity index (χ3n) is 5.51. The van der Waals surface area contributed by atoms with Gasteiger partial charge < -0.3 is 10.1 Å². The Morgan fingerprint density at radius 2 is 1.76 bits per heavy atom. The minimum absolute atomic E-state index is 0.0269. The Labute approximate surface area is 205 Å². The van der Waals surface area contributed by atoms with Crippen molar-refractivity contribution in [3.8, 4) is 5.75 Å². The van der Waals surface area contributed by atoms with Crippen LogP contribution in [0.5, 0.6) is 5.75 Å². The van der Waals surface area contributed by atoms with Crippen LogP contribution in [-0.2, 0) is 24.8 Å². The molecule has 1 aliphatic rings. The molecule has 1 saturated heterocycles. The highest BCUT2D eigenvalue weighted by Gasteiger charge is 2.28. The zero-order chi connectivity index (χ0) is 25.1. The lowest BCUT2D eigenvalue weighted by Crippen LogP contribution is -2.38. The summed E-state index contributed by atoms with van der Waals surface area (Å²) < 4.78 is 58.7. The van der Waals surface area contributed by atoms with Gasteiger partial charge in [-0.15, -0.1) is 0 Å². The number of nitrogens with one attached hydrogen (secondary N) is 1. The van der Waals surface area contributed by atoms with Crippen molar-refractivity contribution in [1.82, 2.24) is 4.31 Å². The minimum Gasteiger partial charge on any atom is -0.495 e. The van der Waals surface area contributed by atoms with Crippen molar-refractivity contribution in [2.24, 2.45) is 0 Å². The van der Waals surface area contributed by atoms with E-state index >= 15 is 0 Å². The van der Waals surface area contributed by atoms with Crippen LogP contribution in [0.3, 0.4) is 0 Å².